The molecule has 1 aromatic rings. The molecule has 4 nitrogen and oxygen atoms in total. The van der Waals surface area contributed by atoms with Gasteiger partial charge in [0.25, 0.3) is 0 Å². The summed E-state index contributed by atoms with van der Waals surface area (Å²) >= 11 is 0. The van der Waals surface area contributed by atoms with E-state index < -0.39 is 0 Å². The molecule has 0 aromatic heterocycles. The minimum Gasteiger partial charge on any atom is -0.355 e. The Hall–Kier alpha value is -1.55. The third-order valence-electron chi connectivity index (χ3n) is 3.50. The van der Waals surface area contributed by atoms with E-state index in [0.29, 0.717) is 12.1 Å². The lowest BCUT2D eigenvalue weighted by molar-refractivity contribution is 0.249. The SMILES string of the molecule is CC1CN=C(NCC(C)N(C)Cc2ccccc2)N1. The molecule has 0 saturated carbocycles. The highest BCUT2D eigenvalue weighted by Crippen LogP contribution is 2.05. The zero-order chi connectivity index (χ0) is 13.7. The number of likely N-dealkylation sites (N-methyl/N-ethyl adjacent to an activating group) is 1. The third-order valence-corrected chi connectivity index (χ3v) is 3.50. The van der Waals surface area contributed by atoms with Gasteiger partial charge in [-0.15, -0.1) is 0 Å². The molecule has 2 N–H and O–H groups in total. The summed E-state index contributed by atoms with van der Waals surface area (Å²) in [5.74, 6) is 0.937. The lowest BCUT2D eigenvalue weighted by Gasteiger charge is -2.25. The summed E-state index contributed by atoms with van der Waals surface area (Å²) in [6, 6.07) is 11.5. The van der Waals surface area contributed by atoms with E-state index >= 15 is 0 Å². The van der Waals surface area contributed by atoms with E-state index in [1.54, 1.807) is 0 Å². The summed E-state index contributed by atoms with van der Waals surface area (Å²) in [7, 11) is 2.16. The van der Waals surface area contributed by atoms with Crippen molar-refractivity contribution >= 4 is 5.96 Å². The molecule has 1 aromatic carbocycles. The van der Waals surface area contributed by atoms with Gasteiger partial charge >= 0.3 is 0 Å². The molecule has 19 heavy (non-hydrogen) atoms. The molecule has 2 atom stereocenters. The van der Waals surface area contributed by atoms with Gasteiger partial charge in [-0.1, -0.05) is 30.3 Å². The highest BCUT2D eigenvalue weighted by atomic mass is 15.2. The second kappa shape index (κ2) is 6.57. The Morgan fingerprint density at radius 3 is 2.79 bits per heavy atom. The monoisotopic (exact) mass is 260 g/mol. The lowest BCUT2D eigenvalue weighted by Crippen LogP contribution is -2.44. The molecule has 0 aliphatic carbocycles. The van der Waals surface area contributed by atoms with Gasteiger partial charge in [0.1, 0.15) is 0 Å². The van der Waals surface area contributed by atoms with E-state index in [4.69, 9.17) is 0 Å². The predicted octanol–water partition coefficient (Wildman–Crippen LogP) is 1.44. The van der Waals surface area contributed by atoms with Crippen molar-refractivity contribution in [2.24, 2.45) is 4.99 Å². The van der Waals surface area contributed by atoms with Crippen LogP contribution < -0.4 is 10.6 Å². The van der Waals surface area contributed by atoms with E-state index in [9.17, 15) is 0 Å². The number of aliphatic imine (C=N–C) groups is 1. The molecule has 1 heterocycles. The fraction of sp³-hybridized carbons (Fsp3) is 0.533. The van der Waals surface area contributed by atoms with Crippen LogP contribution in [0.15, 0.2) is 35.3 Å². The molecule has 1 aliphatic rings. The fourth-order valence-electron chi connectivity index (χ4n) is 2.09. The highest BCUT2D eigenvalue weighted by Gasteiger charge is 2.14. The molecular formula is C15H24N4. The molecule has 0 spiro atoms. The van der Waals surface area contributed by atoms with Gasteiger partial charge in [-0.3, -0.25) is 9.89 Å². The molecule has 2 unspecified atom stereocenters. The Balaban J connectivity index is 1.75. The first-order valence-electron chi connectivity index (χ1n) is 6.94. The first-order valence-corrected chi connectivity index (χ1v) is 6.94. The summed E-state index contributed by atoms with van der Waals surface area (Å²) in [5.41, 5.74) is 1.35. The van der Waals surface area contributed by atoms with E-state index in [0.717, 1.165) is 25.6 Å². The van der Waals surface area contributed by atoms with Gasteiger partial charge < -0.3 is 10.6 Å². The van der Waals surface area contributed by atoms with E-state index in [1.165, 1.54) is 5.56 Å². The molecule has 0 fully saturated rings. The third kappa shape index (κ3) is 4.24. The van der Waals surface area contributed by atoms with Gasteiger partial charge in [0, 0.05) is 25.2 Å². The van der Waals surface area contributed by atoms with Crippen LogP contribution >= 0.6 is 0 Å². The van der Waals surface area contributed by atoms with Gasteiger partial charge in [-0.25, -0.2) is 0 Å². The standard InChI is InChI=1S/C15H24N4/c1-12-9-16-15(18-12)17-10-13(2)19(3)11-14-7-5-4-6-8-14/h4-8,12-13H,9-11H2,1-3H3,(H2,16,17,18). The van der Waals surface area contributed by atoms with Gasteiger partial charge in [-0.2, -0.15) is 0 Å². The maximum Gasteiger partial charge on any atom is 0.191 e. The first kappa shape index (κ1) is 13.9. The van der Waals surface area contributed by atoms with Crippen molar-refractivity contribution in [3.8, 4) is 0 Å². The number of hydrogen-bond donors (Lipinski definition) is 2. The molecule has 0 bridgehead atoms. The fourth-order valence-corrected chi connectivity index (χ4v) is 2.09. The van der Waals surface area contributed by atoms with Gasteiger partial charge in [-0.05, 0) is 26.5 Å². The molecule has 104 valence electrons. The van der Waals surface area contributed by atoms with Gasteiger partial charge in [0.15, 0.2) is 5.96 Å². The number of rotatable bonds is 5. The zero-order valence-corrected chi connectivity index (χ0v) is 12.1. The van der Waals surface area contributed by atoms with Crippen molar-refractivity contribution in [2.45, 2.75) is 32.5 Å². The van der Waals surface area contributed by atoms with Crippen molar-refractivity contribution in [2.75, 3.05) is 20.1 Å². The average Bonchev–Trinajstić information content (AvgIpc) is 2.83. The van der Waals surface area contributed by atoms with Crippen LogP contribution in [0.5, 0.6) is 0 Å². The second-order valence-corrected chi connectivity index (χ2v) is 5.37. The smallest absolute Gasteiger partial charge is 0.191 e. The van der Waals surface area contributed by atoms with E-state index in [-0.39, 0.29) is 0 Å². The lowest BCUT2D eigenvalue weighted by atomic mass is 10.2. The number of benzene rings is 1. The van der Waals surface area contributed by atoms with Crippen LogP contribution in [-0.2, 0) is 6.54 Å². The van der Waals surface area contributed by atoms with Crippen LogP contribution in [0.1, 0.15) is 19.4 Å². The van der Waals surface area contributed by atoms with Crippen molar-refractivity contribution in [3.63, 3.8) is 0 Å². The minimum atomic E-state index is 0.458. The molecule has 0 radical (unpaired) electrons. The largest absolute Gasteiger partial charge is 0.355 e. The molecule has 2 rings (SSSR count). The Morgan fingerprint density at radius 2 is 2.16 bits per heavy atom. The van der Waals surface area contributed by atoms with Crippen LogP contribution in [0, 0.1) is 0 Å². The van der Waals surface area contributed by atoms with Crippen LogP contribution in [-0.4, -0.2) is 43.1 Å². The van der Waals surface area contributed by atoms with Crippen LogP contribution in [0.4, 0.5) is 0 Å². The van der Waals surface area contributed by atoms with Crippen LogP contribution in [0.25, 0.3) is 0 Å². The van der Waals surface area contributed by atoms with Crippen LogP contribution in [0.3, 0.4) is 0 Å². The van der Waals surface area contributed by atoms with E-state index in [1.807, 2.05) is 0 Å². The zero-order valence-electron chi connectivity index (χ0n) is 12.1. The molecule has 1 aliphatic heterocycles. The van der Waals surface area contributed by atoms with Crippen molar-refractivity contribution in [1.29, 1.82) is 0 Å². The Bertz CT molecular complexity index is 415. The first-order chi connectivity index (χ1) is 9.15. The Kier molecular flexibility index (Phi) is 4.80. The summed E-state index contributed by atoms with van der Waals surface area (Å²) in [6.07, 6.45) is 0. The number of guanidine groups is 1. The average molecular weight is 260 g/mol. The summed E-state index contributed by atoms with van der Waals surface area (Å²) in [5, 5.41) is 6.69. The van der Waals surface area contributed by atoms with Crippen molar-refractivity contribution < 1.29 is 0 Å². The molecule has 4 heteroatoms. The summed E-state index contributed by atoms with van der Waals surface area (Å²) in [4.78, 5) is 6.76. The second-order valence-electron chi connectivity index (χ2n) is 5.37. The summed E-state index contributed by atoms with van der Waals surface area (Å²) < 4.78 is 0. The minimum absolute atomic E-state index is 0.458. The normalized spacial score (nSPS) is 20.0. The number of nitrogens with one attached hydrogen (secondary N) is 2. The Morgan fingerprint density at radius 1 is 1.42 bits per heavy atom. The van der Waals surface area contributed by atoms with E-state index in [2.05, 4.69) is 71.8 Å². The Labute approximate surface area is 115 Å². The molecule has 0 saturated heterocycles. The number of nitrogens with zero attached hydrogens (tertiary/aromatic N) is 2. The predicted molar refractivity (Wildman–Crippen MR) is 80.3 cm³/mol. The quantitative estimate of drug-likeness (QED) is 0.841. The van der Waals surface area contributed by atoms with Crippen LogP contribution in [0.2, 0.25) is 0 Å². The maximum absolute atomic E-state index is 4.41. The van der Waals surface area contributed by atoms with Gasteiger partial charge in [0.2, 0.25) is 0 Å². The summed E-state index contributed by atoms with van der Waals surface area (Å²) in [6.45, 7) is 7.12. The van der Waals surface area contributed by atoms with Crippen molar-refractivity contribution in [3.05, 3.63) is 35.9 Å². The van der Waals surface area contributed by atoms with Crippen molar-refractivity contribution in [1.82, 2.24) is 15.5 Å². The van der Waals surface area contributed by atoms with Gasteiger partial charge in [0.05, 0.1) is 6.54 Å². The molecule has 0 amide bonds. The number of hydrogen-bond acceptors (Lipinski definition) is 4. The topological polar surface area (TPSA) is 39.7 Å². The highest BCUT2D eigenvalue weighted by molar-refractivity contribution is 5.81. The molecular weight excluding hydrogens is 236 g/mol. The maximum atomic E-state index is 4.41.